The number of halogens is 2. The Morgan fingerprint density at radius 3 is 1.93 bits per heavy atom. The second kappa shape index (κ2) is 17.8. The van der Waals surface area contributed by atoms with Gasteiger partial charge in [-0.25, -0.2) is 9.67 Å². The molecule has 0 spiro atoms. The predicted molar refractivity (Wildman–Crippen MR) is 221 cm³/mol. The number of benzene rings is 5. The monoisotopic (exact) mass is 812 g/mol. The summed E-state index contributed by atoms with van der Waals surface area (Å²) in [5.41, 5.74) is 6.94. The molecule has 0 aliphatic carbocycles. The molecule has 0 unspecified atom stereocenters. The van der Waals surface area contributed by atoms with Gasteiger partial charge in [-0.05, 0) is 56.6 Å². The molecule has 0 radical (unpaired) electrons. The summed E-state index contributed by atoms with van der Waals surface area (Å²) in [7, 11) is 0. The first kappa shape index (κ1) is 37.9. The van der Waals surface area contributed by atoms with Gasteiger partial charge in [-0.2, -0.15) is 0 Å². The normalized spacial score (nSPS) is 11.5. The van der Waals surface area contributed by atoms with E-state index in [1.54, 1.807) is 0 Å². The lowest BCUT2D eigenvalue weighted by Gasteiger charge is -2.36. The van der Waals surface area contributed by atoms with E-state index in [0.29, 0.717) is 36.1 Å². The molecule has 0 aliphatic rings. The van der Waals surface area contributed by atoms with E-state index in [0.717, 1.165) is 69.4 Å². The van der Waals surface area contributed by atoms with Crippen LogP contribution in [0, 0.1) is 0 Å². The van der Waals surface area contributed by atoms with E-state index in [2.05, 4.69) is 142 Å². The molecule has 5 aromatic carbocycles. The third kappa shape index (κ3) is 8.04. The summed E-state index contributed by atoms with van der Waals surface area (Å²) < 4.78 is 9.70. The Hall–Kier alpha value is -5.38. The molecular weight excluding hydrogens is 772 g/mol. The highest BCUT2D eigenvalue weighted by molar-refractivity contribution is 9.09. The zero-order valence-corrected chi connectivity index (χ0v) is 33.0. The fourth-order valence-corrected chi connectivity index (χ4v) is 7.71. The number of hydrogen-bond acceptors (Lipinski definition) is 6. The first-order chi connectivity index (χ1) is 27.0. The molecule has 0 saturated heterocycles. The summed E-state index contributed by atoms with van der Waals surface area (Å²) in [6.07, 6.45) is 3.85. The Balaban J connectivity index is 1.27. The Bertz CT molecular complexity index is 2210. The average Bonchev–Trinajstić information content (AvgIpc) is 3.84. The molecule has 0 atom stereocenters. The third-order valence-electron chi connectivity index (χ3n) is 9.88. The third-order valence-corrected chi connectivity index (χ3v) is 10.7. The number of nitrogens with zero attached hydrogens (tertiary/aromatic N) is 6. The Morgan fingerprint density at radius 2 is 1.35 bits per heavy atom. The van der Waals surface area contributed by atoms with Crippen molar-refractivity contribution < 1.29 is 9.53 Å². The number of hydrogen-bond donors (Lipinski definition) is 0. The highest BCUT2D eigenvalue weighted by Gasteiger charge is 2.42. The zero-order valence-electron chi connectivity index (χ0n) is 30.7. The fraction of sp³-hybridized carbons (Fsp3) is 0.222. The van der Waals surface area contributed by atoms with Gasteiger partial charge in [-0.15, -0.1) is 5.10 Å². The number of unbranched alkanes of at least 4 members (excludes halogenated alkanes) is 1. The molecule has 0 bridgehead atoms. The first-order valence-corrected chi connectivity index (χ1v) is 20.1. The van der Waals surface area contributed by atoms with Crippen LogP contribution >= 0.6 is 27.5 Å². The topological polar surface area (TPSA) is 87.7 Å². The number of aromatic nitrogens is 6. The number of esters is 1. The van der Waals surface area contributed by atoms with Gasteiger partial charge in [0.15, 0.2) is 11.0 Å². The second-order valence-corrected chi connectivity index (χ2v) is 14.5. The van der Waals surface area contributed by atoms with Crippen LogP contribution in [0.2, 0.25) is 5.15 Å². The molecular formula is C45H42BrClN6O2. The van der Waals surface area contributed by atoms with Crippen LogP contribution in [0.25, 0.3) is 22.5 Å². The highest BCUT2D eigenvalue weighted by Crippen LogP contribution is 2.43. The number of alkyl halides is 1. The molecule has 0 fully saturated rings. The standard InChI is InChI=1S/C45H42BrClN6O2/c1-2-3-24-41-48-43(47)40(32-55-42(54)25-15-30-46)52(41)31-33-26-28-34(29-27-33)38-22-13-14-23-39(38)44-49-50-51-53(44)45(35-16-7-4-8-17-35,36-18-9-5-10-19-36)37-20-11-6-12-21-37/h4-14,16-23,26-29H,2-3,15,24-25,30-32H2,1H3. The molecule has 2 heterocycles. The zero-order chi connectivity index (χ0) is 38.0. The number of aryl methyl sites for hydroxylation is 1. The van der Waals surface area contributed by atoms with Crippen LogP contribution in [0.5, 0.6) is 0 Å². The summed E-state index contributed by atoms with van der Waals surface area (Å²) in [5, 5.41) is 14.9. The predicted octanol–water partition coefficient (Wildman–Crippen LogP) is 10.3. The van der Waals surface area contributed by atoms with Gasteiger partial charge < -0.3 is 9.30 Å². The van der Waals surface area contributed by atoms with Crippen molar-refractivity contribution in [2.45, 2.75) is 57.7 Å². The van der Waals surface area contributed by atoms with Crippen molar-refractivity contribution in [1.29, 1.82) is 0 Å². The van der Waals surface area contributed by atoms with E-state index in [1.165, 1.54) is 0 Å². The number of rotatable bonds is 16. The van der Waals surface area contributed by atoms with Crippen LogP contribution in [0.1, 0.15) is 66.4 Å². The van der Waals surface area contributed by atoms with E-state index < -0.39 is 5.54 Å². The van der Waals surface area contributed by atoms with Crippen LogP contribution in [-0.4, -0.2) is 41.1 Å². The molecule has 7 rings (SSSR count). The van der Waals surface area contributed by atoms with Crippen LogP contribution in [0.3, 0.4) is 0 Å². The number of imidazole rings is 1. The largest absolute Gasteiger partial charge is 0.459 e. The van der Waals surface area contributed by atoms with E-state index in [9.17, 15) is 4.79 Å². The number of ether oxygens (including phenoxy) is 1. The quantitative estimate of drug-likeness (QED) is 0.0549. The van der Waals surface area contributed by atoms with E-state index in [4.69, 9.17) is 31.6 Å². The average molecular weight is 814 g/mol. The van der Waals surface area contributed by atoms with Gasteiger partial charge in [0.25, 0.3) is 0 Å². The summed E-state index contributed by atoms with van der Waals surface area (Å²) in [4.78, 5) is 17.1. The van der Waals surface area contributed by atoms with Crippen molar-refractivity contribution in [3.63, 3.8) is 0 Å². The van der Waals surface area contributed by atoms with Crippen LogP contribution in [0.4, 0.5) is 0 Å². The molecule has 0 aliphatic heterocycles. The second-order valence-electron chi connectivity index (χ2n) is 13.4. The molecule has 10 heteroatoms. The van der Waals surface area contributed by atoms with Crippen molar-refractivity contribution in [2.24, 2.45) is 0 Å². The molecule has 0 amide bonds. The molecule has 2 aromatic heterocycles. The minimum Gasteiger partial charge on any atom is -0.459 e. The van der Waals surface area contributed by atoms with E-state index in [1.807, 2.05) is 35.0 Å². The van der Waals surface area contributed by atoms with Gasteiger partial charge in [-0.1, -0.05) is 180 Å². The Morgan fingerprint density at radius 1 is 0.764 bits per heavy atom. The van der Waals surface area contributed by atoms with Crippen molar-refractivity contribution in [3.05, 3.63) is 178 Å². The van der Waals surface area contributed by atoms with Crippen LogP contribution in [-0.2, 0) is 34.6 Å². The molecule has 0 N–H and O–H groups in total. The van der Waals surface area contributed by atoms with Gasteiger partial charge in [0.2, 0.25) is 0 Å². The SMILES string of the molecule is CCCCc1nc(Cl)c(COC(=O)CCCBr)n1Cc1ccc(-c2ccccc2-c2nnnn2C(c2ccccc2)(c2ccccc2)c2ccccc2)cc1. The lowest BCUT2D eigenvalue weighted by Crippen LogP contribution is -2.39. The van der Waals surface area contributed by atoms with Crippen molar-refractivity contribution >= 4 is 33.5 Å². The summed E-state index contributed by atoms with van der Waals surface area (Å²) in [6, 6.07) is 48.0. The minimum atomic E-state index is -0.874. The summed E-state index contributed by atoms with van der Waals surface area (Å²) >= 11 is 10.0. The highest BCUT2D eigenvalue weighted by atomic mass is 79.9. The molecule has 7 aromatic rings. The fourth-order valence-electron chi connectivity index (χ4n) is 7.18. The van der Waals surface area contributed by atoms with E-state index >= 15 is 0 Å². The Kier molecular flexibility index (Phi) is 12.3. The van der Waals surface area contributed by atoms with E-state index in [-0.39, 0.29) is 12.6 Å². The van der Waals surface area contributed by atoms with Gasteiger partial charge in [0.1, 0.15) is 18.0 Å². The van der Waals surface area contributed by atoms with Crippen LogP contribution < -0.4 is 0 Å². The molecule has 55 heavy (non-hydrogen) atoms. The molecule has 0 saturated carbocycles. The lowest BCUT2D eigenvalue weighted by atomic mass is 9.77. The number of tetrazole rings is 1. The maximum absolute atomic E-state index is 12.4. The van der Waals surface area contributed by atoms with Gasteiger partial charge >= 0.3 is 5.97 Å². The molecule has 278 valence electrons. The Labute approximate surface area is 335 Å². The summed E-state index contributed by atoms with van der Waals surface area (Å²) in [5.74, 6) is 1.28. The number of carbonyl (C=O) groups is 1. The number of carbonyl (C=O) groups excluding carboxylic acids is 1. The maximum atomic E-state index is 12.4. The van der Waals surface area contributed by atoms with Gasteiger partial charge in [0, 0.05) is 30.3 Å². The van der Waals surface area contributed by atoms with Crippen molar-refractivity contribution in [1.82, 2.24) is 29.8 Å². The van der Waals surface area contributed by atoms with Gasteiger partial charge in [-0.3, -0.25) is 4.79 Å². The smallest absolute Gasteiger partial charge is 0.306 e. The van der Waals surface area contributed by atoms with Crippen molar-refractivity contribution in [3.8, 4) is 22.5 Å². The van der Waals surface area contributed by atoms with Crippen molar-refractivity contribution in [2.75, 3.05) is 5.33 Å². The maximum Gasteiger partial charge on any atom is 0.306 e. The summed E-state index contributed by atoms with van der Waals surface area (Å²) in [6.45, 7) is 2.78. The van der Waals surface area contributed by atoms with Gasteiger partial charge in [0.05, 0.1) is 5.69 Å². The minimum absolute atomic E-state index is 0.0791. The van der Waals surface area contributed by atoms with Crippen LogP contribution in [0.15, 0.2) is 140 Å². The lowest BCUT2D eigenvalue weighted by molar-refractivity contribution is -0.145. The first-order valence-electron chi connectivity index (χ1n) is 18.6. The molecule has 8 nitrogen and oxygen atoms in total.